The number of hydrogen-bond donors (Lipinski definition) is 0. The fourth-order valence-electron chi connectivity index (χ4n) is 3.39. The molecule has 2 aliphatic carbocycles. The summed E-state index contributed by atoms with van der Waals surface area (Å²) in [7, 11) is -4.63. The van der Waals surface area contributed by atoms with E-state index in [2.05, 4.69) is 0 Å². The van der Waals surface area contributed by atoms with Gasteiger partial charge in [0.1, 0.15) is 28.1 Å². The zero-order valence-corrected chi connectivity index (χ0v) is 10.1. The first-order valence-corrected chi connectivity index (χ1v) is 7.26. The molecule has 0 radical (unpaired) electrons. The fraction of sp³-hybridized carbons (Fsp3) is 0.800. The standard InChI is InChI=1S/C10H12O7S/c11-7(3-18(13,14)15)16-8-4-1-5-6(2-4)10(12)17-9(5)8/h4-6,8-9H,1-3H2,(H,13,14,15)/p-1. The lowest BCUT2D eigenvalue weighted by molar-refractivity contribution is -0.159. The van der Waals surface area contributed by atoms with E-state index in [0.29, 0.717) is 6.42 Å². The first-order chi connectivity index (χ1) is 8.35. The summed E-state index contributed by atoms with van der Waals surface area (Å²) in [4.78, 5) is 22.8. The van der Waals surface area contributed by atoms with Crippen molar-refractivity contribution >= 4 is 22.1 Å². The maximum Gasteiger partial charge on any atom is 0.320 e. The first-order valence-electron chi connectivity index (χ1n) is 5.69. The molecule has 0 spiro atoms. The Balaban J connectivity index is 1.69. The molecule has 1 saturated heterocycles. The molecule has 2 bridgehead atoms. The van der Waals surface area contributed by atoms with Gasteiger partial charge in [0.15, 0.2) is 0 Å². The minimum Gasteiger partial charge on any atom is -0.748 e. The Hall–Kier alpha value is -1.15. The molecule has 0 aromatic carbocycles. The van der Waals surface area contributed by atoms with Crippen LogP contribution in [0.3, 0.4) is 0 Å². The molecule has 2 saturated carbocycles. The van der Waals surface area contributed by atoms with E-state index >= 15 is 0 Å². The van der Waals surface area contributed by atoms with E-state index in [-0.39, 0.29) is 23.7 Å². The van der Waals surface area contributed by atoms with Gasteiger partial charge in [-0.2, -0.15) is 0 Å². The van der Waals surface area contributed by atoms with Crippen molar-refractivity contribution in [2.45, 2.75) is 25.0 Å². The third-order valence-electron chi connectivity index (χ3n) is 3.98. The molecule has 100 valence electrons. The summed E-state index contributed by atoms with van der Waals surface area (Å²) in [6.45, 7) is 0. The smallest absolute Gasteiger partial charge is 0.320 e. The number of fused-ring (bicyclic) bond motifs is 1. The van der Waals surface area contributed by atoms with Gasteiger partial charge < -0.3 is 14.0 Å². The van der Waals surface area contributed by atoms with Crippen LogP contribution in [0, 0.1) is 17.8 Å². The van der Waals surface area contributed by atoms with Gasteiger partial charge in [-0.05, 0) is 12.8 Å². The van der Waals surface area contributed by atoms with Gasteiger partial charge >= 0.3 is 11.9 Å². The third-order valence-corrected chi connectivity index (χ3v) is 4.57. The summed E-state index contributed by atoms with van der Waals surface area (Å²) in [5, 5.41) is 0. The maximum atomic E-state index is 11.4. The maximum absolute atomic E-state index is 11.4. The average Bonchev–Trinajstić information content (AvgIpc) is 2.79. The molecule has 7 nitrogen and oxygen atoms in total. The Labute approximate surface area is 103 Å². The number of rotatable bonds is 3. The molecule has 0 aromatic rings. The number of carbonyl (C=O) groups excluding carboxylic acids is 2. The molecule has 8 heteroatoms. The van der Waals surface area contributed by atoms with Crippen LogP contribution < -0.4 is 0 Å². The quantitative estimate of drug-likeness (QED) is 0.481. The second kappa shape index (κ2) is 3.67. The highest BCUT2D eigenvalue weighted by Crippen LogP contribution is 2.55. The van der Waals surface area contributed by atoms with Crippen LogP contribution in [0.1, 0.15) is 12.8 Å². The molecule has 0 amide bonds. The van der Waals surface area contributed by atoms with Gasteiger partial charge in [-0.15, -0.1) is 0 Å². The van der Waals surface area contributed by atoms with E-state index in [1.54, 1.807) is 0 Å². The predicted octanol–water partition coefficient (Wildman–Crippen LogP) is -0.975. The Kier molecular flexibility index (Phi) is 2.43. The minimum absolute atomic E-state index is 0.0368. The fourth-order valence-corrected chi connectivity index (χ4v) is 3.75. The molecular weight excluding hydrogens is 264 g/mol. The lowest BCUT2D eigenvalue weighted by atomic mass is 9.88. The van der Waals surface area contributed by atoms with Crippen LogP contribution in [0.4, 0.5) is 0 Å². The highest BCUT2D eigenvalue weighted by atomic mass is 32.2. The van der Waals surface area contributed by atoms with Crippen LogP contribution in [-0.2, 0) is 29.2 Å². The first kappa shape index (κ1) is 11.9. The topological polar surface area (TPSA) is 110 Å². The van der Waals surface area contributed by atoms with Crippen molar-refractivity contribution in [3.05, 3.63) is 0 Å². The SMILES string of the molecule is O=C(CS(=O)(=O)[O-])OC1C2CC3C(=O)OC1C3C2. The number of hydrogen-bond acceptors (Lipinski definition) is 7. The van der Waals surface area contributed by atoms with Gasteiger partial charge in [0, 0.05) is 11.8 Å². The van der Waals surface area contributed by atoms with E-state index in [1.165, 1.54) is 0 Å². The molecule has 1 aliphatic heterocycles. The normalized spacial score (nSPS) is 40.9. The number of carbonyl (C=O) groups is 2. The lowest BCUT2D eigenvalue weighted by Crippen LogP contribution is -2.37. The highest BCUT2D eigenvalue weighted by molar-refractivity contribution is 7.86. The summed E-state index contributed by atoms with van der Waals surface area (Å²) < 4.78 is 41.5. The molecule has 5 unspecified atom stereocenters. The van der Waals surface area contributed by atoms with Crippen molar-refractivity contribution < 1.29 is 32.0 Å². The van der Waals surface area contributed by atoms with Gasteiger partial charge in [0.05, 0.1) is 5.92 Å². The zero-order valence-electron chi connectivity index (χ0n) is 9.27. The van der Waals surface area contributed by atoms with Crippen LogP contribution in [-0.4, -0.2) is 42.9 Å². The van der Waals surface area contributed by atoms with Gasteiger partial charge in [0.25, 0.3) is 0 Å². The van der Waals surface area contributed by atoms with E-state index < -0.39 is 34.0 Å². The molecule has 18 heavy (non-hydrogen) atoms. The van der Waals surface area contributed by atoms with Crippen molar-refractivity contribution in [1.82, 2.24) is 0 Å². The third kappa shape index (κ3) is 1.79. The van der Waals surface area contributed by atoms with Crippen LogP contribution in [0.15, 0.2) is 0 Å². The van der Waals surface area contributed by atoms with Gasteiger partial charge in [-0.1, -0.05) is 0 Å². The van der Waals surface area contributed by atoms with Gasteiger partial charge in [-0.3, -0.25) is 9.59 Å². The molecule has 5 atom stereocenters. The van der Waals surface area contributed by atoms with Gasteiger partial charge in [0.2, 0.25) is 0 Å². The van der Waals surface area contributed by atoms with Crippen LogP contribution >= 0.6 is 0 Å². The summed E-state index contributed by atoms with van der Waals surface area (Å²) in [6, 6.07) is 0. The lowest BCUT2D eigenvalue weighted by Gasteiger charge is -2.25. The van der Waals surface area contributed by atoms with Gasteiger partial charge in [-0.25, -0.2) is 8.42 Å². The van der Waals surface area contributed by atoms with Crippen LogP contribution in [0.5, 0.6) is 0 Å². The van der Waals surface area contributed by atoms with E-state index in [0.717, 1.165) is 6.42 Å². The van der Waals surface area contributed by atoms with E-state index in [9.17, 15) is 22.6 Å². The Bertz CT molecular complexity index is 510. The zero-order chi connectivity index (χ0) is 13.1. The Morgan fingerprint density at radius 1 is 1.44 bits per heavy atom. The van der Waals surface area contributed by atoms with Crippen molar-refractivity contribution in [1.29, 1.82) is 0 Å². The second-order valence-electron chi connectivity index (χ2n) is 5.06. The van der Waals surface area contributed by atoms with Crippen molar-refractivity contribution in [3.63, 3.8) is 0 Å². The van der Waals surface area contributed by atoms with Crippen LogP contribution in [0.25, 0.3) is 0 Å². The minimum atomic E-state index is -4.63. The Morgan fingerprint density at radius 2 is 2.17 bits per heavy atom. The van der Waals surface area contributed by atoms with Crippen molar-refractivity contribution in [2.24, 2.45) is 17.8 Å². The Morgan fingerprint density at radius 3 is 2.83 bits per heavy atom. The summed E-state index contributed by atoms with van der Waals surface area (Å²) >= 11 is 0. The summed E-state index contributed by atoms with van der Waals surface area (Å²) in [5.74, 6) is -2.49. The second-order valence-corrected chi connectivity index (χ2v) is 6.46. The summed E-state index contributed by atoms with van der Waals surface area (Å²) in [6.07, 6.45) is 0.317. The highest BCUT2D eigenvalue weighted by Gasteiger charge is 2.63. The summed E-state index contributed by atoms with van der Waals surface area (Å²) in [5.41, 5.74) is 0. The molecule has 1 heterocycles. The van der Waals surface area contributed by atoms with E-state index in [4.69, 9.17) is 9.47 Å². The average molecular weight is 275 g/mol. The van der Waals surface area contributed by atoms with E-state index in [1.807, 2.05) is 0 Å². The number of esters is 2. The number of ether oxygens (including phenoxy) is 2. The largest absolute Gasteiger partial charge is 0.748 e. The molecule has 3 aliphatic rings. The molecule has 0 aromatic heterocycles. The molecule has 3 fully saturated rings. The van der Waals surface area contributed by atoms with Crippen molar-refractivity contribution in [2.75, 3.05) is 5.75 Å². The predicted molar refractivity (Wildman–Crippen MR) is 54.0 cm³/mol. The van der Waals surface area contributed by atoms with Crippen molar-refractivity contribution in [3.8, 4) is 0 Å². The van der Waals surface area contributed by atoms with Crippen LogP contribution in [0.2, 0.25) is 0 Å². The molecular formula is C10H11O7S-. The molecule has 3 rings (SSSR count). The monoisotopic (exact) mass is 275 g/mol. The molecule has 0 N–H and O–H groups in total.